The van der Waals surface area contributed by atoms with E-state index < -0.39 is 16.1 Å². The van der Waals surface area contributed by atoms with Gasteiger partial charge in [0.1, 0.15) is 41.3 Å². The van der Waals surface area contributed by atoms with Gasteiger partial charge in [0.2, 0.25) is 5.36 Å². The van der Waals surface area contributed by atoms with Crippen LogP contribution in [0.25, 0.3) is 44.2 Å². The van der Waals surface area contributed by atoms with Crippen molar-refractivity contribution in [1.29, 1.82) is 0 Å². The van der Waals surface area contributed by atoms with E-state index in [2.05, 4.69) is 31.2 Å². The number of hydrogen-bond acceptors (Lipinski definition) is 7. The summed E-state index contributed by atoms with van der Waals surface area (Å²) in [5.74, 6) is 0.862. The number of aryl methyl sites for hydroxylation is 1. The first-order valence-electron chi connectivity index (χ1n) is 26.5. The number of benzene rings is 6. The molecule has 9 heteroatoms. The van der Waals surface area contributed by atoms with E-state index in [0.29, 0.717) is 16.7 Å². The number of anilines is 1. The zero-order valence-electron chi connectivity index (χ0n) is 43.2. The van der Waals surface area contributed by atoms with Gasteiger partial charge in [-0.3, -0.25) is 0 Å². The SMILES string of the molecule is CCCCCCCCCCCCCCCCCCCCCCc1cc(S(=O)(=O)[O-])c2ccccc2c1.CN(C)c1ccc2c(-c3ccccc3C(=O)Oc3ccccc3)c3ccc(=[N+](C)C)cc-3oc2c1. The Kier molecular flexibility index (Phi) is 21.8. The molecule has 8 nitrogen and oxygen atoms in total. The topological polar surface area (TPSA) is 103 Å². The predicted molar refractivity (Wildman–Crippen MR) is 295 cm³/mol. The summed E-state index contributed by atoms with van der Waals surface area (Å²) in [7, 11) is 3.54. The molecule has 378 valence electrons. The minimum Gasteiger partial charge on any atom is -0.744 e. The van der Waals surface area contributed by atoms with Crippen molar-refractivity contribution >= 4 is 43.5 Å². The molecule has 0 atom stereocenters. The van der Waals surface area contributed by atoms with Crippen LogP contribution in [-0.2, 0) is 16.5 Å². The minimum atomic E-state index is -4.47. The number of para-hydroxylation sites is 1. The van der Waals surface area contributed by atoms with Crippen LogP contribution in [-0.4, -0.2) is 47.1 Å². The fraction of sp³-hybridized carbons (Fsp3) is 0.419. The highest BCUT2D eigenvalue weighted by atomic mass is 32.2. The first kappa shape index (κ1) is 54.6. The molecule has 1 aliphatic heterocycles. The van der Waals surface area contributed by atoms with Gasteiger partial charge in [0.05, 0.1) is 16.5 Å². The van der Waals surface area contributed by atoms with Crippen LogP contribution in [0.15, 0.2) is 137 Å². The van der Waals surface area contributed by atoms with Gasteiger partial charge in [-0.15, -0.1) is 0 Å². The van der Waals surface area contributed by atoms with Crippen LogP contribution in [0.3, 0.4) is 0 Å². The third-order valence-electron chi connectivity index (χ3n) is 13.6. The Balaban J connectivity index is 0.000000232. The van der Waals surface area contributed by atoms with Gasteiger partial charge in [-0.2, -0.15) is 0 Å². The van der Waals surface area contributed by atoms with Gasteiger partial charge < -0.3 is 18.6 Å². The van der Waals surface area contributed by atoms with Crippen molar-refractivity contribution in [2.24, 2.45) is 0 Å². The molecule has 0 saturated carbocycles. The lowest BCUT2D eigenvalue weighted by atomic mass is 9.90. The van der Waals surface area contributed by atoms with Gasteiger partial charge in [-0.1, -0.05) is 196 Å². The molecular weight excluding hydrogens is 901 g/mol. The molecule has 2 aliphatic rings. The highest BCUT2D eigenvalue weighted by molar-refractivity contribution is 7.86. The van der Waals surface area contributed by atoms with Gasteiger partial charge in [-0.05, 0) is 77.2 Å². The number of carbonyl (C=O) groups is 1. The van der Waals surface area contributed by atoms with Gasteiger partial charge in [0, 0.05) is 48.4 Å². The second-order valence-electron chi connectivity index (χ2n) is 19.6. The summed E-state index contributed by atoms with van der Waals surface area (Å²) < 4.78 is 49.3. The molecule has 1 aliphatic carbocycles. The number of rotatable bonds is 26. The number of ether oxygens (including phenoxy) is 1. The molecule has 0 saturated heterocycles. The van der Waals surface area contributed by atoms with Crippen molar-refractivity contribution < 1.29 is 26.9 Å². The van der Waals surface area contributed by atoms with Crippen LogP contribution < -0.4 is 19.6 Å². The van der Waals surface area contributed by atoms with Crippen LogP contribution in [0.2, 0.25) is 0 Å². The number of nitrogens with zero attached hydrogens (tertiary/aromatic N) is 2. The quantitative estimate of drug-likeness (QED) is 0.0133. The van der Waals surface area contributed by atoms with Crippen molar-refractivity contribution in [3.8, 4) is 28.2 Å². The summed E-state index contributed by atoms with van der Waals surface area (Å²) in [6, 6.07) is 39.9. The number of fused-ring (bicyclic) bond motifs is 3. The molecule has 0 aromatic heterocycles. The second-order valence-corrected chi connectivity index (χ2v) is 21.0. The lowest BCUT2D eigenvalue weighted by molar-refractivity contribution is 0.0735. The van der Waals surface area contributed by atoms with Crippen LogP contribution in [0, 0.1) is 0 Å². The van der Waals surface area contributed by atoms with E-state index >= 15 is 0 Å². The molecule has 71 heavy (non-hydrogen) atoms. The average molecular weight is 979 g/mol. The maximum Gasteiger partial charge on any atom is 0.344 e. The summed E-state index contributed by atoms with van der Waals surface area (Å²) in [5, 5.41) is 3.32. The lowest BCUT2D eigenvalue weighted by Crippen LogP contribution is -2.21. The summed E-state index contributed by atoms with van der Waals surface area (Å²) >= 11 is 0. The molecule has 0 unspecified atom stereocenters. The zero-order valence-corrected chi connectivity index (χ0v) is 44.0. The van der Waals surface area contributed by atoms with E-state index in [1.54, 1.807) is 30.3 Å². The molecule has 0 amide bonds. The van der Waals surface area contributed by atoms with E-state index in [-0.39, 0.29) is 4.90 Å². The number of esters is 1. The molecule has 0 N–H and O–H groups in total. The van der Waals surface area contributed by atoms with Crippen molar-refractivity contribution in [2.45, 2.75) is 147 Å². The van der Waals surface area contributed by atoms with Crippen LogP contribution in [0.5, 0.6) is 5.75 Å². The fourth-order valence-electron chi connectivity index (χ4n) is 9.51. The summed E-state index contributed by atoms with van der Waals surface area (Å²) in [6.07, 6.45) is 28.1. The Morgan fingerprint density at radius 2 is 1.15 bits per heavy atom. The Bertz CT molecular complexity index is 2900. The molecule has 1 heterocycles. The Labute approximate surface area is 424 Å². The Morgan fingerprint density at radius 3 is 1.75 bits per heavy atom. The normalized spacial score (nSPS) is 11.5. The maximum atomic E-state index is 13.3. The maximum absolute atomic E-state index is 13.3. The smallest absolute Gasteiger partial charge is 0.344 e. The molecule has 5 aromatic carbocycles. The van der Waals surface area contributed by atoms with Crippen LogP contribution >= 0.6 is 0 Å². The number of hydrogen-bond donors (Lipinski definition) is 0. The van der Waals surface area contributed by atoms with Crippen LogP contribution in [0.1, 0.15) is 151 Å². The molecule has 7 rings (SSSR count). The Hall–Kier alpha value is -5.77. The lowest BCUT2D eigenvalue weighted by Gasteiger charge is -2.19. The van der Waals surface area contributed by atoms with E-state index in [1.165, 1.54) is 116 Å². The van der Waals surface area contributed by atoms with Crippen molar-refractivity contribution in [2.75, 3.05) is 33.1 Å². The average Bonchev–Trinajstić information content (AvgIpc) is 3.37. The fourth-order valence-corrected chi connectivity index (χ4v) is 10.3. The standard InChI is InChI=1S/C32H52O3S.C30H27N2O3/c1-2-3-4-5-6-7-8-9-10-11-12-13-14-15-16-17-18-19-20-21-24-29-27-30-25-22-23-26-31(30)32(28-29)36(33,34)35;1-31(2)20-14-16-25-27(18-20)35-28-19-21(32(3)4)15-17-26(28)29(25)23-12-8-9-13-24(23)30(33)34-22-10-6-5-7-11-22/h22-23,25-28H,2-21,24H2,1H3,(H,33,34,35);5-19H,1-4H3/q;+1/p-1. The van der Waals surface area contributed by atoms with Gasteiger partial charge in [0.25, 0.3) is 0 Å². The van der Waals surface area contributed by atoms with Gasteiger partial charge in [0.15, 0.2) is 0 Å². The van der Waals surface area contributed by atoms with Crippen molar-refractivity contribution in [3.63, 3.8) is 0 Å². The van der Waals surface area contributed by atoms with E-state index in [1.807, 2.05) is 110 Å². The second kappa shape index (κ2) is 28.3. The molecular formula is C62H78N2O6S. The number of unbranched alkanes of at least 4 members (excludes halogenated alkanes) is 19. The predicted octanol–water partition coefficient (Wildman–Crippen LogP) is 15.6. The molecule has 0 radical (unpaired) electrons. The molecule has 5 aromatic rings. The van der Waals surface area contributed by atoms with Gasteiger partial charge in [-0.25, -0.2) is 17.8 Å². The van der Waals surface area contributed by atoms with E-state index in [9.17, 15) is 17.8 Å². The van der Waals surface area contributed by atoms with Gasteiger partial charge >= 0.3 is 5.97 Å². The summed E-state index contributed by atoms with van der Waals surface area (Å²) in [5.41, 5.74) is 5.91. The minimum absolute atomic E-state index is 0.0798. The number of carbonyl (C=O) groups excluding carboxylic acids is 1. The van der Waals surface area contributed by atoms with Crippen molar-refractivity contribution in [1.82, 2.24) is 4.58 Å². The zero-order chi connectivity index (χ0) is 50.4. The summed E-state index contributed by atoms with van der Waals surface area (Å²) in [4.78, 5) is 15.3. The highest BCUT2D eigenvalue weighted by Crippen LogP contribution is 2.42. The third-order valence-corrected chi connectivity index (χ3v) is 14.4. The van der Waals surface area contributed by atoms with E-state index in [4.69, 9.17) is 9.15 Å². The molecule has 0 spiro atoms. The summed E-state index contributed by atoms with van der Waals surface area (Å²) in [6.45, 7) is 2.28. The molecule has 0 bridgehead atoms. The van der Waals surface area contributed by atoms with Crippen molar-refractivity contribution in [3.05, 3.63) is 144 Å². The Morgan fingerprint density at radius 1 is 0.592 bits per heavy atom. The monoisotopic (exact) mass is 979 g/mol. The van der Waals surface area contributed by atoms with E-state index in [0.717, 1.165) is 74.7 Å². The highest BCUT2D eigenvalue weighted by Gasteiger charge is 2.23. The molecule has 0 fully saturated rings. The van der Waals surface area contributed by atoms with Crippen LogP contribution in [0.4, 0.5) is 5.69 Å². The first-order valence-corrected chi connectivity index (χ1v) is 27.9. The first-order chi connectivity index (χ1) is 34.4. The third kappa shape index (κ3) is 16.6. The largest absolute Gasteiger partial charge is 0.744 e.